The molecule has 6 heteroatoms. The first-order valence-corrected chi connectivity index (χ1v) is 3.40. The first-order valence-electron chi connectivity index (χ1n) is 3.40. The van der Waals surface area contributed by atoms with Gasteiger partial charge < -0.3 is 14.6 Å². The van der Waals surface area contributed by atoms with E-state index in [2.05, 4.69) is 20.2 Å². The molecular weight excluding hydrogens is 162 g/mol. The van der Waals surface area contributed by atoms with Crippen LogP contribution in [0, 0.1) is 0 Å². The molecule has 0 aliphatic rings. The summed E-state index contributed by atoms with van der Waals surface area (Å²) in [5.41, 5.74) is 0. The summed E-state index contributed by atoms with van der Waals surface area (Å²) in [6.45, 7) is 0.425. The Bertz CT molecular complexity index is 234. The minimum Gasteiger partial charge on any atom is -0.453 e. The Morgan fingerprint density at radius 1 is 1.83 bits per heavy atom. The average Bonchev–Trinajstić information content (AvgIpc) is 2.57. The quantitative estimate of drug-likeness (QED) is 0.690. The van der Waals surface area contributed by atoms with Gasteiger partial charge in [0.2, 0.25) is 5.89 Å². The Balaban J connectivity index is 2.15. The Labute approximate surface area is 68.9 Å². The van der Waals surface area contributed by atoms with Crippen molar-refractivity contribution in [2.24, 2.45) is 0 Å². The van der Waals surface area contributed by atoms with Crippen LogP contribution in [0.4, 0.5) is 4.79 Å². The third-order valence-electron chi connectivity index (χ3n) is 1.20. The fraction of sp³-hybridized carbons (Fsp3) is 0.500. The van der Waals surface area contributed by atoms with Gasteiger partial charge in [0.15, 0.2) is 6.33 Å². The second-order valence-corrected chi connectivity index (χ2v) is 2.00. The number of rotatable bonds is 3. The van der Waals surface area contributed by atoms with Crippen molar-refractivity contribution in [1.29, 1.82) is 0 Å². The normalized spacial score (nSPS) is 9.42. The molecule has 1 N–H and O–H groups in total. The molecule has 0 unspecified atom stereocenters. The van der Waals surface area contributed by atoms with Gasteiger partial charge in [-0.25, -0.2) is 4.79 Å². The lowest BCUT2D eigenvalue weighted by molar-refractivity contribution is 0.171. The predicted octanol–water partition coefficient (Wildman–Crippen LogP) is -0.0319. The maximum atomic E-state index is 10.5. The van der Waals surface area contributed by atoms with E-state index in [1.807, 2.05) is 0 Å². The molecule has 0 aliphatic heterocycles. The van der Waals surface area contributed by atoms with E-state index < -0.39 is 6.09 Å². The molecule has 0 saturated heterocycles. The van der Waals surface area contributed by atoms with E-state index in [-0.39, 0.29) is 0 Å². The first-order chi connectivity index (χ1) is 5.83. The van der Waals surface area contributed by atoms with Crippen LogP contribution in [0.25, 0.3) is 0 Å². The van der Waals surface area contributed by atoms with Gasteiger partial charge in [0.25, 0.3) is 0 Å². The number of methoxy groups -OCH3 is 1. The highest BCUT2D eigenvalue weighted by Gasteiger charge is 2.00. The van der Waals surface area contributed by atoms with E-state index in [9.17, 15) is 4.79 Å². The van der Waals surface area contributed by atoms with Crippen molar-refractivity contribution in [3.8, 4) is 0 Å². The van der Waals surface area contributed by atoms with Crippen LogP contribution in [0.1, 0.15) is 5.89 Å². The molecule has 0 spiro atoms. The van der Waals surface area contributed by atoms with Crippen LogP contribution in [-0.2, 0) is 11.2 Å². The molecule has 0 bridgehead atoms. The summed E-state index contributed by atoms with van der Waals surface area (Å²) in [6.07, 6.45) is 1.36. The summed E-state index contributed by atoms with van der Waals surface area (Å²) in [6, 6.07) is 0. The largest absolute Gasteiger partial charge is 0.453 e. The SMILES string of the molecule is COC(=O)NCCc1ncno1. The zero-order chi connectivity index (χ0) is 8.81. The van der Waals surface area contributed by atoms with Crippen LogP contribution in [0.5, 0.6) is 0 Å². The molecule has 0 aromatic carbocycles. The van der Waals surface area contributed by atoms with Gasteiger partial charge in [-0.2, -0.15) is 4.98 Å². The van der Waals surface area contributed by atoms with Crippen LogP contribution < -0.4 is 5.32 Å². The first kappa shape index (κ1) is 8.51. The molecule has 0 saturated carbocycles. The second kappa shape index (κ2) is 4.32. The number of nitrogens with zero attached hydrogens (tertiary/aromatic N) is 2. The van der Waals surface area contributed by atoms with Crippen molar-refractivity contribution in [2.45, 2.75) is 6.42 Å². The Morgan fingerprint density at radius 2 is 2.67 bits per heavy atom. The van der Waals surface area contributed by atoms with Gasteiger partial charge in [-0.05, 0) is 0 Å². The highest BCUT2D eigenvalue weighted by Crippen LogP contribution is 1.90. The number of alkyl carbamates (subject to hydrolysis) is 1. The zero-order valence-corrected chi connectivity index (χ0v) is 6.61. The summed E-state index contributed by atoms with van der Waals surface area (Å²) in [5.74, 6) is 0.492. The molecule has 1 heterocycles. The summed E-state index contributed by atoms with van der Waals surface area (Å²) in [4.78, 5) is 14.3. The molecule has 6 nitrogen and oxygen atoms in total. The van der Waals surface area contributed by atoms with Gasteiger partial charge in [0.05, 0.1) is 7.11 Å². The van der Waals surface area contributed by atoms with Gasteiger partial charge in [-0.1, -0.05) is 5.16 Å². The van der Waals surface area contributed by atoms with Gasteiger partial charge in [0.1, 0.15) is 0 Å². The van der Waals surface area contributed by atoms with Crippen LogP contribution >= 0.6 is 0 Å². The lowest BCUT2D eigenvalue weighted by atomic mass is 10.4. The highest BCUT2D eigenvalue weighted by molar-refractivity contribution is 5.66. The molecular formula is C6H9N3O3. The predicted molar refractivity (Wildman–Crippen MR) is 38.4 cm³/mol. The van der Waals surface area contributed by atoms with Crippen molar-refractivity contribution in [3.63, 3.8) is 0 Å². The van der Waals surface area contributed by atoms with Crippen molar-refractivity contribution in [1.82, 2.24) is 15.5 Å². The number of aromatic nitrogens is 2. The fourth-order valence-electron chi connectivity index (χ4n) is 0.650. The Morgan fingerprint density at radius 3 is 3.25 bits per heavy atom. The molecule has 1 rings (SSSR count). The van der Waals surface area contributed by atoms with Crippen molar-refractivity contribution < 1.29 is 14.1 Å². The molecule has 1 aromatic rings. The summed E-state index contributed by atoms with van der Waals surface area (Å²) in [7, 11) is 1.31. The van der Waals surface area contributed by atoms with Crippen LogP contribution in [0.3, 0.4) is 0 Å². The fourth-order valence-corrected chi connectivity index (χ4v) is 0.650. The third-order valence-corrected chi connectivity index (χ3v) is 1.20. The maximum absolute atomic E-state index is 10.5. The monoisotopic (exact) mass is 171 g/mol. The number of nitrogens with one attached hydrogen (secondary N) is 1. The molecule has 12 heavy (non-hydrogen) atoms. The van der Waals surface area contributed by atoms with Crippen LogP contribution in [-0.4, -0.2) is 29.9 Å². The van der Waals surface area contributed by atoms with E-state index in [0.29, 0.717) is 18.9 Å². The molecule has 1 amide bonds. The van der Waals surface area contributed by atoms with E-state index in [1.165, 1.54) is 13.4 Å². The smallest absolute Gasteiger partial charge is 0.406 e. The van der Waals surface area contributed by atoms with Crippen LogP contribution in [0.15, 0.2) is 10.9 Å². The minimum atomic E-state index is -0.463. The summed E-state index contributed by atoms with van der Waals surface area (Å²) < 4.78 is 9.05. The minimum absolute atomic E-state index is 0.425. The number of amides is 1. The van der Waals surface area contributed by atoms with Crippen molar-refractivity contribution >= 4 is 6.09 Å². The third kappa shape index (κ3) is 2.57. The van der Waals surface area contributed by atoms with Gasteiger partial charge in [-0.3, -0.25) is 0 Å². The molecule has 0 atom stereocenters. The molecule has 0 radical (unpaired) electrons. The Hall–Kier alpha value is -1.59. The molecule has 0 fully saturated rings. The Kier molecular flexibility index (Phi) is 3.06. The van der Waals surface area contributed by atoms with E-state index in [4.69, 9.17) is 4.52 Å². The van der Waals surface area contributed by atoms with Gasteiger partial charge in [-0.15, -0.1) is 0 Å². The zero-order valence-electron chi connectivity index (χ0n) is 6.61. The number of hydrogen-bond acceptors (Lipinski definition) is 5. The number of carbonyl (C=O) groups excluding carboxylic acids is 1. The average molecular weight is 171 g/mol. The number of hydrogen-bond donors (Lipinski definition) is 1. The van der Waals surface area contributed by atoms with E-state index >= 15 is 0 Å². The van der Waals surface area contributed by atoms with Gasteiger partial charge >= 0.3 is 6.09 Å². The maximum Gasteiger partial charge on any atom is 0.406 e. The van der Waals surface area contributed by atoms with Crippen molar-refractivity contribution in [3.05, 3.63) is 12.2 Å². The number of carbonyl (C=O) groups is 1. The second-order valence-electron chi connectivity index (χ2n) is 2.00. The number of ether oxygens (including phenoxy) is 1. The van der Waals surface area contributed by atoms with Crippen LogP contribution in [0.2, 0.25) is 0 Å². The lowest BCUT2D eigenvalue weighted by Gasteiger charge is -1.99. The lowest BCUT2D eigenvalue weighted by Crippen LogP contribution is -2.25. The van der Waals surface area contributed by atoms with Crippen molar-refractivity contribution in [2.75, 3.05) is 13.7 Å². The molecule has 1 aromatic heterocycles. The van der Waals surface area contributed by atoms with E-state index in [1.54, 1.807) is 0 Å². The van der Waals surface area contributed by atoms with Gasteiger partial charge in [0, 0.05) is 13.0 Å². The topological polar surface area (TPSA) is 77.2 Å². The molecule has 0 aliphatic carbocycles. The summed E-state index contributed by atoms with van der Waals surface area (Å²) in [5, 5.41) is 5.89. The summed E-state index contributed by atoms with van der Waals surface area (Å²) >= 11 is 0. The molecule has 66 valence electrons. The van der Waals surface area contributed by atoms with E-state index in [0.717, 1.165) is 0 Å². The standard InChI is InChI=1S/C6H9N3O3/c1-11-6(10)7-3-2-5-8-4-9-12-5/h4H,2-3H2,1H3,(H,7,10). The highest BCUT2D eigenvalue weighted by atomic mass is 16.5.